The van der Waals surface area contributed by atoms with Crippen molar-refractivity contribution in [3.8, 4) is 0 Å². The van der Waals surface area contributed by atoms with Crippen LogP contribution in [0.4, 0.5) is 11.4 Å². The molecule has 0 bridgehead atoms. The molecule has 1 aromatic heterocycles. The molecule has 0 fully saturated rings. The second-order valence-electron chi connectivity index (χ2n) is 5.74. The van der Waals surface area contributed by atoms with Crippen LogP contribution in [0.15, 0.2) is 35.5 Å². The molecule has 0 spiro atoms. The summed E-state index contributed by atoms with van der Waals surface area (Å²) in [4.78, 5) is 12.0. The molecule has 25 heavy (non-hydrogen) atoms. The van der Waals surface area contributed by atoms with Gasteiger partial charge in [-0.2, -0.15) is 5.10 Å². The van der Waals surface area contributed by atoms with Gasteiger partial charge in [0.2, 0.25) is 0 Å². The van der Waals surface area contributed by atoms with Gasteiger partial charge in [0.1, 0.15) is 4.90 Å². The molecule has 0 saturated carbocycles. The van der Waals surface area contributed by atoms with E-state index in [-0.39, 0.29) is 17.5 Å². The van der Waals surface area contributed by atoms with Gasteiger partial charge in [0.05, 0.1) is 29.7 Å². The van der Waals surface area contributed by atoms with Crippen molar-refractivity contribution in [1.82, 2.24) is 9.78 Å². The fraction of sp³-hybridized carbons (Fsp3) is 0.375. The number of sulfonamides is 1. The van der Waals surface area contributed by atoms with Gasteiger partial charge in [-0.15, -0.1) is 0 Å². The second kappa shape index (κ2) is 7.56. The van der Waals surface area contributed by atoms with E-state index in [1.807, 2.05) is 13.8 Å². The van der Waals surface area contributed by atoms with Crippen LogP contribution < -0.4 is 10.0 Å². The number of ether oxygens (including phenoxy) is 1. The highest BCUT2D eigenvalue weighted by molar-refractivity contribution is 7.92. The smallest absolute Gasteiger partial charge is 0.338 e. The maximum absolute atomic E-state index is 12.5. The molecule has 1 heterocycles. The van der Waals surface area contributed by atoms with Gasteiger partial charge in [0.25, 0.3) is 10.0 Å². The number of carbonyl (C=O) groups is 1. The van der Waals surface area contributed by atoms with Crippen LogP contribution >= 0.6 is 0 Å². The summed E-state index contributed by atoms with van der Waals surface area (Å²) in [5.41, 5.74) is 1.17. The third-order valence-corrected chi connectivity index (χ3v) is 4.53. The van der Waals surface area contributed by atoms with Crippen LogP contribution in [0.3, 0.4) is 0 Å². The van der Waals surface area contributed by atoms with Crippen molar-refractivity contribution in [3.63, 3.8) is 0 Å². The first-order chi connectivity index (χ1) is 11.7. The molecular formula is C16H22N4O4S. The van der Waals surface area contributed by atoms with Crippen molar-refractivity contribution in [2.75, 3.05) is 16.6 Å². The number of rotatable bonds is 7. The maximum Gasteiger partial charge on any atom is 0.338 e. The largest absolute Gasteiger partial charge is 0.462 e. The third-order valence-electron chi connectivity index (χ3n) is 3.21. The molecule has 9 heteroatoms. The van der Waals surface area contributed by atoms with E-state index in [1.165, 1.54) is 29.2 Å². The number of aromatic nitrogens is 2. The molecule has 0 saturated heterocycles. The Bertz CT molecular complexity index is 859. The van der Waals surface area contributed by atoms with Gasteiger partial charge in [0.15, 0.2) is 0 Å². The van der Waals surface area contributed by atoms with E-state index >= 15 is 0 Å². The standard InChI is InChI=1S/C16H22N4O4S/c1-5-24-16(21)12-6-7-14(15(8-12)18-11(2)3)19-25(22,23)13-9-17-20(4)10-13/h6-11,18-19H,5H2,1-4H3. The van der Waals surface area contributed by atoms with Gasteiger partial charge < -0.3 is 10.1 Å². The van der Waals surface area contributed by atoms with Crippen LogP contribution in [0.2, 0.25) is 0 Å². The summed E-state index contributed by atoms with van der Waals surface area (Å²) in [7, 11) is -2.15. The quantitative estimate of drug-likeness (QED) is 0.729. The molecule has 8 nitrogen and oxygen atoms in total. The molecule has 0 amide bonds. The Morgan fingerprint density at radius 2 is 2.04 bits per heavy atom. The summed E-state index contributed by atoms with van der Waals surface area (Å²) in [5, 5.41) is 7.01. The van der Waals surface area contributed by atoms with Crippen LogP contribution in [-0.4, -0.2) is 36.8 Å². The van der Waals surface area contributed by atoms with Crippen molar-refractivity contribution < 1.29 is 17.9 Å². The highest BCUT2D eigenvalue weighted by atomic mass is 32.2. The molecule has 0 unspecified atom stereocenters. The number of aryl methyl sites for hydroxylation is 1. The summed E-state index contributed by atoms with van der Waals surface area (Å²) in [6.07, 6.45) is 2.68. The highest BCUT2D eigenvalue weighted by Gasteiger charge is 2.19. The van der Waals surface area contributed by atoms with Crippen LogP contribution in [0.25, 0.3) is 0 Å². The topological polar surface area (TPSA) is 102 Å². The number of nitrogens with one attached hydrogen (secondary N) is 2. The van der Waals surface area contributed by atoms with Gasteiger partial charge in [-0.05, 0) is 39.0 Å². The van der Waals surface area contributed by atoms with E-state index in [9.17, 15) is 13.2 Å². The summed E-state index contributed by atoms with van der Waals surface area (Å²) in [6, 6.07) is 4.66. The van der Waals surface area contributed by atoms with E-state index in [4.69, 9.17) is 4.74 Å². The predicted molar refractivity (Wildman–Crippen MR) is 95.2 cm³/mol. The van der Waals surface area contributed by atoms with Crippen LogP contribution in [0.5, 0.6) is 0 Å². The molecule has 2 aromatic rings. The number of hydrogen-bond acceptors (Lipinski definition) is 6. The monoisotopic (exact) mass is 366 g/mol. The first kappa shape index (κ1) is 18.8. The van der Waals surface area contributed by atoms with Crippen molar-refractivity contribution in [2.45, 2.75) is 31.7 Å². The fourth-order valence-corrected chi connectivity index (χ4v) is 3.21. The summed E-state index contributed by atoms with van der Waals surface area (Å²) in [6.45, 7) is 5.82. The molecule has 2 rings (SSSR count). The minimum atomic E-state index is -3.78. The van der Waals surface area contributed by atoms with E-state index in [0.29, 0.717) is 16.9 Å². The minimum absolute atomic E-state index is 0.0408. The fourth-order valence-electron chi connectivity index (χ4n) is 2.15. The second-order valence-corrected chi connectivity index (χ2v) is 7.42. The molecule has 0 aliphatic rings. The Labute approximate surface area is 147 Å². The first-order valence-electron chi connectivity index (χ1n) is 7.82. The van der Waals surface area contributed by atoms with Crippen molar-refractivity contribution in [2.24, 2.45) is 7.05 Å². The number of hydrogen-bond donors (Lipinski definition) is 2. The Morgan fingerprint density at radius 3 is 2.60 bits per heavy atom. The number of carbonyl (C=O) groups excluding carboxylic acids is 1. The predicted octanol–water partition coefficient (Wildman–Crippen LogP) is 2.22. The first-order valence-corrected chi connectivity index (χ1v) is 9.30. The lowest BCUT2D eigenvalue weighted by molar-refractivity contribution is 0.0526. The minimum Gasteiger partial charge on any atom is -0.462 e. The van der Waals surface area contributed by atoms with Gasteiger partial charge in [0, 0.05) is 19.3 Å². The van der Waals surface area contributed by atoms with Crippen LogP contribution in [-0.2, 0) is 21.8 Å². The highest BCUT2D eigenvalue weighted by Crippen LogP contribution is 2.27. The SMILES string of the molecule is CCOC(=O)c1ccc(NS(=O)(=O)c2cnn(C)c2)c(NC(C)C)c1. The number of esters is 1. The van der Waals surface area contributed by atoms with E-state index in [1.54, 1.807) is 20.0 Å². The molecule has 1 aromatic carbocycles. The molecule has 0 aliphatic heterocycles. The molecule has 2 N–H and O–H groups in total. The zero-order valence-electron chi connectivity index (χ0n) is 14.6. The van der Waals surface area contributed by atoms with Crippen LogP contribution in [0, 0.1) is 0 Å². The van der Waals surface area contributed by atoms with Gasteiger partial charge in [-0.3, -0.25) is 9.40 Å². The number of benzene rings is 1. The van der Waals surface area contributed by atoms with Crippen molar-refractivity contribution >= 4 is 27.4 Å². The molecular weight excluding hydrogens is 344 g/mol. The molecule has 0 radical (unpaired) electrons. The van der Waals surface area contributed by atoms with Gasteiger partial charge in [-0.25, -0.2) is 13.2 Å². The average molecular weight is 366 g/mol. The van der Waals surface area contributed by atoms with E-state index in [0.717, 1.165) is 0 Å². The van der Waals surface area contributed by atoms with Gasteiger partial charge in [-0.1, -0.05) is 0 Å². The zero-order chi connectivity index (χ0) is 18.6. The van der Waals surface area contributed by atoms with Crippen molar-refractivity contribution in [1.29, 1.82) is 0 Å². The lowest BCUT2D eigenvalue weighted by Crippen LogP contribution is -2.17. The Kier molecular flexibility index (Phi) is 5.68. The van der Waals surface area contributed by atoms with E-state index in [2.05, 4.69) is 15.1 Å². The Morgan fingerprint density at radius 1 is 1.32 bits per heavy atom. The maximum atomic E-state index is 12.5. The summed E-state index contributed by atoms with van der Waals surface area (Å²) in [5.74, 6) is -0.462. The lowest BCUT2D eigenvalue weighted by Gasteiger charge is -2.17. The molecule has 136 valence electrons. The normalized spacial score (nSPS) is 11.4. The van der Waals surface area contributed by atoms with Crippen LogP contribution in [0.1, 0.15) is 31.1 Å². The van der Waals surface area contributed by atoms with Crippen molar-refractivity contribution in [3.05, 3.63) is 36.2 Å². The number of anilines is 2. The third kappa shape index (κ3) is 4.72. The summed E-state index contributed by atoms with van der Waals surface area (Å²) >= 11 is 0. The summed E-state index contributed by atoms with van der Waals surface area (Å²) < 4.78 is 33.9. The Balaban J connectivity index is 2.37. The zero-order valence-corrected chi connectivity index (χ0v) is 15.4. The average Bonchev–Trinajstić information content (AvgIpc) is 2.96. The Hall–Kier alpha value is -2.55. The van der Waals surface area contributed by atoms with E-state index < -0.39 is 16.0 Å². The lowest BCUT2D eigenvalue weighted by atomic mass is 10.1. The number of nitrogens with zero attached hydrogens (tertiary/aromatic N) is 2. The van der Waals surface area contributed by atoms with Gasteiger partial charge >= 0.3 is 5.97 Å². The molecule has 0 aliphatic carbocycles. The molecule has 0 atom stereocenters.